The lowest BCUT2D eigenvalue weighted by Gasteiger charge is -2.23. The summed E-state index contributed by atoms with van der Waals surface area (Å²) in [7, 11) is 3.97. The Morgan fingerprint density at radius 2 is 1.93 bits per heavy atom. The number of rotatable bonds is 6. The number of para-hydroxylation sites is 1. The van der Waals surface area contributed by atoms with Crippen LogP contribution in [0.1, 0.15) is 11.1 Å². The van der Waals surface area contributed by atoms with Gasteiger partial charge in [-0.05, 0) is 42.6 Å². The lowest BCUT2D eigenvalue weighted by Crippen LogP contribution is -3.06. The number of quaternary nitrogens is 1. The van der Waals surface area contributed by atoms with E-state index < -0.39 is 11.8 Å². The van der Waals surface area contributed by atoms with Gasteiger partial charge in [-0.2, -0.15) is 0 Å². The van der Waals surface area contributed by atoms with Crippen LogP contribution >= 0.6 is 0 Å². The molecule has 0 unspecified atom stereocenters. The molecule has 0 bridgehead atoms. The van der Waals surface area contributed by atoms with Crippen LogP contribution in [0, 0.1) is 12.7 Å². The Labute approximate surface area is 169 Å². The number of hydrogen-bond acceptors (Lipinski definition) is 2. The molecule has 2 aromatic carbocycles. The quantitative estimate of drug-likeness (QED) is 0.597. The number of likely N-dealkylation sites (N-methyl/N-ethyl adjacent to an activating group) is 1. The number of nitrogens with zero attached hydrogens (tertiary/aromatic N) is 1. The van der Waals surface area contributed by atoms with Crippen molar-refractivity contribution in [2.45, 2.75) is 13.5 Å². The first-order valence-electron chi connectivity index (χ1n) is 9.55. The molecule has 3 N–H and O–H groups in total. The van der Waals surface area contributed by atoms with E-state index in [2.05, 4.69) is 10.3 Å². The largest absolute Gasteiger partial charge is 0.338 e. The zero-order valence-corrected chi connectivity index (χ0v) is 16.9. The van der Waals surface area contributed by atoms with Gasteiger partial charge in [-0.1, -0.05) is 23.8 Å². The van der Waals surface area contributed by atoms with E-state index in [-0.39, 0.29) is 17.8 Å². The second-order valence-corrected chi connectivity index (χ2v) is 7.50. The molecule has 0 aliphatic rings. The number of aryl methyl sites for hydroxylation is 1. The van der Waals surface area contributed by atoms with Crippen LogP contribution < -0.4 is 15.8 Å². The third-order valence-electron chi connectivity index (χ3n) is 4.72. The van der Waals surface area contributed by atoms with E-state index in [1.54, 1.807) is 12.1 Å². The van der Waals surface area contributed by atoms with E-state index in [9.17, 15) is 14.0 Å². The molecular weight excluding hydrogens is 371 g/mol. The van der Waals surface area contributed by atoms with Crippen molar-refractivity contribution >= 4 is 22.6 Å². The van der Waals surface area contributed by atoms with Gasteiger partial charge in [-0.25, -0.2) is 9.18 Å². The monoisotopic (exact) mass is 397 g/mol. The first-order chi connectivity index (χ1) is 13.8. The number of nitrogens with one attached hydrogen (secondary N) is 3. The first-order valence-corrected chi connectivity index (χ1v) is 9.55. The van der Waals surface area contributed by atoms with Gasteiger partial charge >= 0.3 is 6.03 Å². The fraction of sp³-hybridized carbons (Fsp3) is 0.273. The van der Waals surface area contributed by atoms with Gasteiger partial charge in [0.25, 0.3) is 5.56 Å². The van der Waals surface area contributed by atoms with Crippen molar-refractivity contribution in [2.75, 3.05) is 32.5 Å². The summed E-state index contributed by atoms with van der Waals surface area (Å²) in [6.07, 6.45) is 0. The molecule has 0 atom stereocenters. The molecule has 0 spiro atoms. The lowest BCUT2D eigenvalue weighted by molar-refractivity contribution is -0.857. The van der Waals surface area contributed by atoms with Crippen LogP contribution in [0.5, 0.6) is 0 Å². The van der Waals surface area contributed by atoms with Gasteiger partial charge < -0.3 is 20.1 Å². The summed E-state index contributed by atoms with van der Waals surface area (Å²) >= 11 is 0. The molecule has 3 rings (SSSR count). The number of urea groups is 1. The first kappa shape index (κ1) is 20.5. The molecule has 2 amide bonds. The third kappa shape index (κ3) is 5.20. The molecule has 29 heavy (non-hydrogen) atoms. The van der Waals surface area contributed by atoms with Crippen LogP contribution in [-0.4, -0.2) is 43.1 Å². The van der Waals surface area contributed by atoms with E-state index in [4.69, 9.17) is 0 Å². The predicted octanol–water partition coefficient (Wildman–Crippen LogP) is 2.15. The molecule has 0 radical (unpaired) electrons. The molecule has 0 fully saturated rings. The van der Waals surface area contributed by atoms with Gasteiger partial charge in [-0.15, -0.1) is 0 Å². The summed E-state index contributed by atoms with van der Waals surface area (Å²) in [6, 6.07) is 13.2. The molecule has 0 saturated carbocycles. The summed E-state index contributed by atoms with van der Waals surface area (Å²) in [6.45, 7) is 3.23. The van der Waals surface area contributed by atoms with Crippen molar-refractivity contribution in [1.82, 2.24) is 9.88 Å². The topological polar surface area (TPSA) is 69.6 Å². The SMILES string of the molecule is Cc1ccc2[nH]c(=O)c(CN(CC[NH+](C)C)C(=O)Nc3ccccc3F)cc2c1. The smallest absolute Gasteiger partial charge is 0.322 e. The normalized spacial score (nSPS) is 11.1. The summed E-state index contributed by atoms with van der Waals surface area (Å²) in [5.41, 5.74) is 2.20. The van der Waals surface area contributed by atoms with E-state index in [1.165, 1.54) is 17.0 Å². The number of carbonyl (C=O) groups is 1. The zero-order valence-electron chi connectivity index (χ0n) is 16.9. The van der Waals surface area contributed by atoms with Crippen molar-refractivity contribution in [3.8, 4) is 0 Å². The molecule has 3 aromatic rings. The number of benzene rings is 2. The third-order valence-corrected chi connectivity index (χ3v) is 4.72. The molecule has 6 nitrogen and oxygen atoms in total. The second kappa shape index (κ2) is 8.87. The van der Waals surface area contributed by atoms with Crippen LogP contribution in [0.25, 0.3) is 10.9 Å². The highest BCUT2D eigenvalue weighted by Crippen LogP contribution is 2.16. The maximum absolute atomic E-state index is 13.9. The number of aromatic amines is 1. The number of hydrogen-bond donors (Lipinski definition) is 3. The van der Waals surface area contributed by atoms with Crippen molar-refractivity contribution in [2.24, 2.45) is 0 Å². The number of halogens is 1. The number of amides is 2. The Morgan fingerprint density at radius 1 is 1.17 bits per heavy atom. The maximum Gasteiger partial charge on any atom is 0.322 e. The number of aromatic nitrogens is 1. The molecule has 0 aliphatic carbocycles. The second-order valence-electron chi connectivity index (χ2n) is 7.50. The minimum Gasteiger partial charge on any atom is -0.338 e. The Balaban J connectivity index is 1.87. The van der Waals surface area contributed by atoms with Gasteiger partial charge in [0.2, 0.25) is 0 Å². The van der Waals surface area contributed by atoms with Crippen LogP contribution in [0.15, 0.2) is 53.3 Å². The maximum atomic E-state index is 13.9. The lowest BCUT2D eigenvalue weighted by atomic mass is 10.1. The number of H-pyrrole nitrogens is 1. The zero-order chi connectivity index (χ0) is 21.0. The highest BCUT2D eigenvalue weighted by Gasteiger charge is 2.18. The number of anilines is 1. The van der Waals surface area contributed by atoms with Crippen molar-refractivity contribution in [3.05, 3.63) is 75.8 Å². The van der Waals surface area contributed by atoms with Crippen LogP contribution in [-0.2, 0) is 6.54 Å². The highest BCUT2D eigenvalue weighted by atomic mass is 19.1. The van der Waals surface area contributed by atoms with Crippen LogP contribution in [0.4, 0.5) is 14.9 Å². The minimum atomic E-state index is -0.502. The Bertz CT molecular complexity index is 1080. The molecule has 1 heterocycles. The summed E-state index contributed by atoms with van der Waals surface area (Å²) in [5.74, 6) is -0.502. The summed E-state index contributed by atoms with van der Waals surface area (Å²) in [4.78, 5) is 31.0. The van der Waals surface area contributed by atoms with Gasteiger partial charge in [0.15, 0.2) is 0 Å². The number of fused-ring (bicyclic) bond motifs is 1. The molecule has 0 saturated heterocycles. The van der Waals surface area contributed by atoms with Gasteiger partial charge in [0.05, 0.1) is 39.4 Å². The average molecular weight is 397 g/mol. The predicted molar refractivity (Wildman–Crippen MR) is 113 cm³/mol. The molecule has 152 valence electrons. The average Bonchev–Trinajstić information content (AvgIpc) is 2.67. The highest BCUT2D eigenvalue weighted by molar-refractivity contribution is 5.89. The van der Waals surface area contributed by atoms with Gasteiger partial charge in [-0.3, -0.25) is 4.79 Å². The Kier molecular flexibility index (Phi) is 6.29. The van der Waals surface area contributed by atoms with Crippen molar-refractivity contribution in [1.29, 1.82) is 0 Å². The van der Waals surface area contributed by atoms with Crippen molar-refractivity contribution in [3.63, 3.8) is 0 Å². The van der Waals surface area contributed by atoms with Crippen molar-refractivity contribution < 1.29 is 14.1 Å². The Hall–Kier alpha value is -3.19. The molecular formula is C22H26FN4O2+. The Morgan fingerprint density at radius 3 is 2.66 bits per heavy atom. The van der Waals surface area contributed by atoms with E-state index >= 15 is 0 Å². The van der Waals surface area contributed by atoms with Gasteiger partial charge in [0.1, 0.15) is 5.82 Å². The van der Waals surface area contributed by atoms with Crippen LogP contribution in [0.2, 0.25) is 0 Å². The minimum absolute atomic E-state index is 0.114. The van der Waals surface area contributed by atoms with E-state index in [0.29, 0.717) is 18.7 Å². The van der Waals surface area contributed by atoms with E-state index in [1.807, 2.05) is 45.3 Å². The molecule has 1 aromatic heterocycles. The number of carbonyl (C=O) groups excluding carboxylic acids is 1. The molecule has 0 aliphatic heterocycles. The summed E-state index contributed by atoms with van der Waals surface area (Å²) in [5, 5.41) is 3.52. The van der Waals surface area contributed by atoms with Gasteiger partial charge in [0, 0.05) is 11.1 Å². The fourth-order valence-electron chi connectivity index (χ4n) is 3.06. The molecule has 7 heteroatoms. The summed E-state index contributed by atoms with van der Waals surface area (Å²) < 4.78 is 13.9. The standard InChI is InChI=1S/C22H25FN4O2/c1-15-8-9-19-16(12-15)13-17(21(28)24-19)14-27(11-10-26(2)3)22(29)25-20-7-5-4-6-18(20)23/h4-9,12-13H,10-11,14H2,1-3H3,(H,24,28)(H,25,29)/p+1. The fourth-order valence-corrected chi connectivity index (χ4v) is 3.06. The number of pyridine rings is 1. The van der Waals surface area contributed by atoms with E-state index in [0.717, 1.165) is 21.4 Å². The van der Waals surface area contributed by atoms with Crippen LogP contribution in [0.3, 0.4) is 0 Å².